The molecule has 0 radical (unpaired) electrons. The molecular formula is C4H7F3Si. The van der Waals surface area contributed by atoms with Crippen LogP contribution in [0.25, 0.3) is 0 Å². The maximum Gasteiger partial charge on any atom is 0.620 e. The van der Waals surface area contributed by atoms with Crippen molar-refractivity contribution in [3.05, 3.63) is 12.2 Å². The lowest BCUT2D eigenvalue weighted by Crippen LogP contribution is -2.11. The third-order valence-corrected chi connectivity index (χ3v) is 1.28. The van der Waals surface area contributed by atoms with E-state index in [1.807, 2.05) is 0 Å². The fraction of sp³-hybridized carbons (Fsp3) is 0.500. The highest BCUT2D eigenvalue weighted by Gasteiger charge is 2.34. The van der Waals surface area contributed by atoms with Gasteiger partial charge in [0, 0.05) is 6.04 Å². The lowest BCUT2D eigenvalue weighted by molar-refractivity contribution is 0.478. The Bertz CT molecular complexity index is 83.8. The first kappa shape index (κ1) is 7.75. The minimum atomic E-state index is -5.26. The maximum absolute atomic E-state index is 11.3. The first-order valence-corrected chi connectivity index (χ1v) is 4.08. The highest BCUT2D eigenvalue weighted by Crippen LogP contribution is 2.14. The predicted molar refractivity (Wildman–Crippen MR) is 28.7 cm³/mol. The Morgan fingerprint density at radius 2 is 1.88 bits per heavy atom. The fourth-order valence-corrected chi connectivity index (χ4v) is 0.754. The largest absolute Gasteiger partial charge is 0.620 e. The molecule has 0 amide bonds. The Kier molecular flexibility index (Phi) is 2.82. The van der Waals surface area contributed by atoms with Gasteiger partial charge in [0.2, 0.25) is 0 Å². The number of hydrogen-bond donors (Lipinski definition) is 0. The minimum absolute atomic E-state index is 0.677. The molecule has 0 fully saturated rings. The first-order chi connectivity index (χ1) is 3.56. The fourth-order valence-electron chi connectivity index (χ4n) is 0.251. The molecule has 0 spiro atoms. The quantitative estimate of drug-likeness (QED) is 0.314. The molecule has 8 heavy (non-hydrogen) atoms. The molecular weight excluding hydrogens is 133 g/mol. The second kappa shape index (κ2) is 2.91. The standard InChI is InChI=1S/C4H7F3Si/c1-2-3-4-8(5,6)7/h2-3H,4H2,1H3. The van der Waals surface area contributed by atoms with Gasteiger partial charge in [-0.1, -0.05) is 12.2 Å². The van der Waals surface area contributed by atoms with Gasteiger partial charge in [0.1, 0.15) is 0 Å². The van der Waals surface area contributed by atoms with Crippen LogP contribution in [-0.2, 0) is 0 Å². The molecule has 4 heteroatoms. The van der Waals surface area contributed by atoms with E-state index in [1.165, 1.54) is 6.08 Å². The van der Waals surface area contributed by atoms with Gasteiger partial charge in [-0.05, 0) is 6.92 Å². The van der Waals surface area contributed by atoms with Crippen LogP contribution < -0.4 is 0 Å². The van der Waals surface area contributed by atoms with Crippen molar-refractivity contribution in [3.63, 3.8) is 0 Å². The van der Waals surface area contributed by atoms with Gasteiger partial charge >= 0.3 is 9.08 Å². The third-order valence-electron chi connectivity index (χ3n) is 0.585. The predicted octanol–water partition coefficient (Wildman–Crippen LogP) is 2.41. The summed E-state index contributed by atoms with van der Waals surface area (Å²) in [4.78, 5) is 0. The van der Waals surface area contributed by atoms with E-state index in [1.54, 1.807) is 6.92 Å². The number of rotatable bonds is 2. The van der Waals surface area contributed by atoms with Gasteiger partial charge in [-0.3, -0.25) is 0 Å². The maximum atomic E-state index is 11.3. The zero-order valence-electron chi connectivity index (χ0n) is 4.50. The van der Waals surface area contributed by atoms with Crippen LogP contribution in [0.2, 0.25) is 6.04 Å². The third kappa shape index (κ3) is 5.75. The summed E-state index contributed by atoms with van der Waals surface area (Å²) in [5.74, 6) is 0. The molecule has 0 N–H and O–H groups in total. The van der Waals surface area contributed by atoms with Crippen LogP contribution in [-0.4, -0.2) is 9.08 Å². The van der Waals surface area contributed by atoms with E-state index in [9.17, 15) is 12.3 Å². The molecule has 0 unspecified atom stereocenters. The van der Waals surface area contributed by atoms with E-state index < -0.39 is 15.1 Å². The van der Waals surface area contributed by atoms with Crippen LogP contribution in [0.15, 0.2) is 12.2 Å². The van der Waals surface area contributed by atoms with Crippen LogP contribution >= 0.6 is 0 Å². The number of allylic oxidation sites excluding steroid dienone is 2. The average molecular weight is 140 g/mol. The average Bonchev–Trinajstić information content (AvgIpc) is 1.59. The Hall–Kier alpha value is -0.253. The minimum Gasteiger partial charge on any atom is -0.237 e. The lowest BCUT2D eigenvalue weighted by atomic mass is 10.6. The molecule has 0 aromatic carbocycles. The zero-order chi connectivity index (χ0) is 6.62. The highest BCUT2D eigenvalue weighted by atomic mass is 28.5. The van der Waals surface area contributed by atoms with E-state index >= 15 is 0 Å². The second-order valence-electron chi connectivity index (χ2n) is 1.39. The highest BCUT2D eigenvalue weighted by molar-refractivity contribution is 6.58. The lowest BCUT2D eigenvalue weighted by Gasteiger charge is -1.93. The molecule has 0 aliphatic heterocycles. The smallest absolute Gasteiger partial charge is 0.237 e. The molecule has 0 aliphatic carbocycles. The molecule has 0 aromatic heterocycles. The van der Waals surface area contributed by atoms with Crippen molar-refractivity contribution in [2.24, 2.45) is 0 Å². The SMILES string of the molecule is CC=CC[Si](F)(F)F. The molecule has 0 nitrogen and oxygen atoms in total. The molecule has 0 atom stereocenters. The summed E-state index contributed by atoms with van der Waals surface area (Å²) in [5.41, 5.74) is 0. The molecule has 0 rings (SSSR count). The van der Waals surface area contributed by atoms with Gasteiger partial charge in [-0.15, -0.1) is 0 Å². The number of halogens is 3. The normalized spacial score (nSPS) is 13.0. The van der Waals surface area contributed by atoms with E-state index in [4.69, 9.17) is 0 Å². The summed E-state index contributed by atoms with van der Waals surface area (Å²) in [6, 6.07) is -0.677. The first-order valence-electron chi connectivity index (χ1n) is 2.24. The zero-order valence-corrected chi connectivity index (χ0v) is 5.50. The van der Waals surface area contributed by atoms with Crippen molar-refractivity contribution >= 4 is 9.08 Å². The molecule has 0 aromatic rings. The summed E-state index contributed by atoms with van der Waals surface area (Å²) >= 11 is 0. The Balaban J connectivity index is 3.39. The summed E-state index contributed by atoms with van der Waals surface area (Å²) in [6.45, 7) is 1.58. The van der Waals surface area contributed by atoms with Crippen molar-refractivity contribution < 1.29 is 12.3 Å². The summed E-state index contributed by atoms with van der Waals surface area (Å²) < 4.78 is 34.0. The van der Waals surface area contributed by atoms with Crippen LogP contribution in [0, 0.1) is 0 Å². The van der Waals surface area contributed by atoms with Crippen molar-refractivity contribution in [1.82, 2.24) is 0 Å². The van der Waals surface area contributed by atoms with E-state index in [0.717, 1.165) is 6.08 Å². The van der Waals surface area contributed by atoms with E-state index in [2.05, 4.69) is 0 Å². The van der Waals surface area contributed by atoms with Gasteiger partial charge in [0.15, 0.2) is 0 Å². The molecule has 0 saturated carbocycles. The van der Waals surface area contributed by atoms with Gasteiger partial charge in [-0.2, -0.15) is 0 Å². The molecule has 0 saturated heterocycles. The molecule has 0 aliphatic rings. The Labute approximate surface area is 47.5 Å². The van der Waals surface area contributed by atoms with Gasteiger partial charge in [-0.25, -0.2) is 12.3 Å². The van der Waals surface area contributed by atoms with Crippen LogP contribution in [0.1, 0.15) is 6.92 Å². The number of hydrogen-bond acceptors (Lipinski definition) is 0. The van der Waals surface area contributed by atoms with Crippen LogP contribution in [0.4, 0.5) is 12.3 Å². The van der Waals surface area contributed by atoms with Crippen LogP contribution in [0.3, 0.4) is 0 Å². The van der Waals surface area contributed by atoms with E-state index in [0.29, 0.717) is 0 Å². The Morgan fingerprint density at radius 1 is 1.38 bits per heavy atom. The second-order valence-corrected chi connectivity index (χ2v) is 3.03. The van der Waals surface area contributed by atoms with Crippen LogP contribution in [0.5, 0.6) is 0 Å². The van der Waals surface area contributed by atoms with Crippen molar-refractivity contribution in [2.45, 2.75) is 13.0 Å². The van der Waals surface area contributed by atoms with Crippen molar-refractivity contribution in [2.75, 3.05) is 0 Å². The summed E-state index contributed by atoms with van der Waals surface area (Å²) in [5, 5.41) is 0. The summed E-state index contributed by atoms with van der Waals surface area (Å²) in [6.07, 6.45) is 2.56. The van der Waals surface area contributed by atoms with Gasteiger partial charge in [0.25, 0.3) is 0 Å². The topological polar surface area (TPSA) is 0 Å². The van der Waals surface area contributed by atoms with Crippen molar-refractivity contribution in [1.29, 1.82) is 0 Å². The van der Waals surface area contributed by atoms with Gasteiger partial charge < -0.3 is 0 Å². The van der Waals surface area contributed by atoms with Crippen molar-refractivity contribution in [3.8, 4) is 0 Å². The monoisotopic (exact) mass is 140 g/mol. The van der Waals surface area contributed by atoms with Gasteiger partial charge in [0.05, 0.1) is 0 Å². The molecule has 0 heterocycles. The molecule has 0 bridgehead atoms. The Morgan fingerprint density at radius 3 is 2.00 bits per heavy atom. The molecule has 48 valence electrons. The summed E-state index contributed by atoms with van der Waals surface area (Å²) in [7, 11) is -5.26. The van der Waals surface area contributed by atoms with E-state index in [-0.39, 0.29) is 0 Å².